The second-order valence-corrected chi connectivity index (χ2v) is 4.95. The van der Waals surface area contributed by atoms with Gasteiger partial charge < -0.3 is 20.1 Å². The lowest BCUT2D eigenvalue weighted by Gasteiger charge is -2.36. The zero-order chi connectivity index (χ0) is 11.0. The van der Waals surface area contributed by atoms with Gasteiger partial charge in [0.2, 0.25) is 0 Å². The van der Waals surface area contributed by atoms with Crippen LogP contribution in [0.15, 0.2) is 4.99 Å². The molecule has 0 aromatic rings. The smallest absolute Gasteiger partial charge is 0.192 e. The third-order valence-electron chi connectivity index (χ3n) is 3.88. The lowest BCUT2D eigenvalue weighted by molar-refractivity contribution is 0.0595. The van der Waals surface area contributed by atoms with Crippen molar-refractivity contribution in [1.82, 2.24) is 4.90 Å². The largest absolute Gasteiger partial charge is 0.379 e. The average molecular weight is 225 g/mol. The van der Waals surface area contributed by atoms with E-state index in [0.29, 0.717) is 12.1 Å². The van der Waals surface area contributed by atoms with Crippen LogP contribution in [0.2, 0.25) is 0 Å². The zero-order valence-corrected chi connectivity index (χ0v) is 9.52. The van der Waals surface area contributed by atoms with Gasteiger partial charge in [0.25, 0.3) is 0 Å². The van der Waals surface area contributed by atoms with Crippen LogP contribution in [0.3, 0.4) is 0 Å². The van der Waals surface area contributed by atoms with Crippen LogP contribution in [0.1, 0.15) is 19.3 Å². The highest BCUT2D eigenvalue weighted by Gasteiger charge is 2.46. The fourth-order valence-corrected chi connectivity index (χ4v) is 2.86. The summed E-state index contributed by atoms with van der Waals surface area (Å²) in [5.41, 5.74) is 6.01. The van der Waals surface area contributed by atoms with Gasteiger partial charge in [-0.25, -0.2) is 0 Å². The summed E-state index contributed by atoms with van der Waals surface area (Å²) in [5, 5.41) is 0. The molecule has 2 saturated heterocycles. The first-order valence-corrected chi connectivity index (χ1v) is 6.07. The van der Waals surface area contributed by atoms with Crippen molar-refractivity contribution >= 4 is 5.96 Å². The number of ether oxygens (including phenoxy) is 2. The van der Waals surface area contributed by atoms with Crippen molar-refractivity contribution in [2.75, 3.05) is 32.9 Å². The van der Waals surface area contributed by atoms with E-state index >= 15 is 0 Å². The maximum Gasteiger partial charge on any atom is 0.192 e. The van der Waals surface area contributed by atoms with E-state index in [1.807, 2.05) is 0 Å². The van der Waals surface area contributed by atoms with Crippen molar-refractivity contribution in [3.05, 3.63) is 0 Å². The maximum absolute atomic E-state index is 5.98. The van der Waals surface area contributed by atoms with Gasteiger partial charge in [-0.15, -0.1) is 0 Å². The van der Waals surface area contributed by atoms with Crippen LogP contribution in [-0.2, 0) is 9.47 Å². The molecule has 0 aliphatic carbocycles. The molecule has 16 heavy (non-hydrogen) atoms. The predicted octanol–water partition coefficient (Wildman–Crippen LogP) is -0.0452. The van der Waals surface area contributed by atoms with Crippen LogP contribution in [0.4, 0.5) is 0 Å². The van der Waals surface area contributed by atoms with Gasteiger partial charge in [0.1, 0.15) is 0 Å². The highest BCUT2D eigenvalue weighted by Crippen LogP contribution is 2.31. The molecular weight excluding hydrogens is 206 g/mol. The molecule has 3 rings (SSSR count). The highest BCUT2D eigenvalue weighted by atomic mass is 16.5. The van der Waals surface area contributed by atoms with Crippen LogP contribution < -0.4 is 5.73 Å². The van der Waals surface area contributed by atoms with E-state index in [9.17, 15) is 0 Å². The second-order valence-electron chi connectivity index (χ2n) is 4.95. The molecule has 2 unspecified atom stereocenters. The van der Waals surface area contributed by atoms with Crippen molar-refractivity contribution in [1.29, 1.82) is 0 Å². The van der Waals surface area contributed by atoms with Crippen molar-refractivity contribution in [3.8, 4) is 0 Å². The van der Waals surface area contributed by atoms with E-state index in [1.165, 1.54) is 6.42 Å². The Balaban J connectivity index is 1.71. The van der Waals surface area contributed by atoms with Gasteiger partial charge in [-0.2, -0.15) is 0 Å². The summed E-state index contributed by atoms with van der Waals surface area (Å²) >= 11 is 0. The molecular formula is C11H19N3O2. The van der Waals surface area contributed by atoms with Crippen molar-refractivity contribution < 1.29 is 9.47 Å². The van der Waals surface area contributed by atoms with Crippen LogP contribution >= 0.6 is 0 Å². The number of nitrogens with zero attached hydrogens (tertiary/aromatic N) is 2. The molecule has 2 fully saturated rings. The number of hydrogen-bond acceptors (Lipinski definition) is 5. The number of guanidine groups is 1. The lowest BCUT2D eigenvalue weighted by atomic mass is 9.97. The van der Waals surface area contributed by atoms with Gasteiger partial charge in [0, 0.05) is 19.8 Å². The van der Waals surface area contributed by atoms with E-state index in [2.05, 4.69) is 9.89 Å². The highest BCUT2D eigenvalue weighted by molar-refractivity contribution is 5.81. The minimum Gasteiger partial charge on any atom is -0.379 e. The van der Waals surface area contributed by atoms with Crippen LogP contribution in [0.5, 0.6) is 0 Å². The molecule has 5 nitrogen and oxygen atoms in total. The SMILES string of the molecule is NC1=NCC2(CCOC2)N1CC1CCCO1. The third-order valence-corrected chi connectivity index (χ3v) is 3.88. The summed E-state index contributed by atoms with van der Waals surface area (Å²) in [5.74, 6) is 0.668. The molecule has 0 aromatic heterocycles. The Kier molecular flexibility index (Phi) is 2.52. The Bertz CT molecular complexity index is 294. The number of nitrogens with two attached hydrogens (primary N) is 1. The standard InChI is InChI=1S/C11H19N3O2/c12-10-13-7-11(3-5-15-8-11)14(10)6-9-2-1-4-16-9/h9H,1-8H2,(H2,12,13). The summed E-state index contributed by atoms with van der Waals surface area (Å²) in [6.45, 7) is 4.12. The van der Waals surface area contributed by atoms with E-state index < -0.39 is 0 Å². The Morgan fingerprint density at radius 2 is 2.44 bits per heavy atom. The van der Waals surface area contributed by atoms with Gasteiger partial charge >= 0.3 is 0 Å². The van der Waals surface area contributed by atoms with E-state index in [0.717, 1.165) is 45.8 Å². The van der Waals surface area contributed by atoms with E-state index in [1.54, 1.807) is 0 Å². The van der Waals surface area contributed by atoms with Crippen LogP contribution in [-0.4, -0.2) is 55.4 Å². The molecule has 2 N–H and O–H groups in total. The van der Waals surface area contributed by atoms with Crippen molar-refractivity contribution in [2.24, 2.45) is 10.7 Å². The maximum atomic E-state index is 5.98. The summed E-state index contributed by atoms with van der Waals surface area (Å²) in [7, 11) is 0. The van der Waals surface area contributed by atoms with Crippen LogP contribution in [0, 0.1) is 0 Å². The number of rotatable bonds is 2. The van der Waals surface area contributed by atoms with Gasteiger partial charge in [-0.05, 0) is 19.3 Å². The summed E-state index contributed by atoms with van der Waals surface area (Å²) in [6.07, 6.45) is 3.66. The van der Waals surface area contributed by atoms with Gasteiger partial charge in [-0.1, -0.05) is 0 Å². The normalized spacial score (nSPS) is 38.6. The fraction of sp³-hybridized carbons (Fsp3) is 0.909. The summed E-state index contributed by atoms with van der Waals surface area (Å²) < 4.78 is 11.2. The van der Waals surface area contributed by atoms with Gasteiger partial charge in [0.05, 0.1) is 24.8 Å². The Morgan fingerprint density at radius 3 is 3.12 bits per heavy atom. The van der Waals surface area contributed by atoms with E-state index in [-0.39, 0.29) is 5.54 Å². The quantitative estimate of drug-likeness (QED) is 0.716. The molecule has 0 radical (unpaired) electrons. The first-order valence-electron chi connectivity index (χ1n) is 6.07. The predicted molar refractivity (Wildman–Crippen MR) is 60.3 cm³/mol. The van der Waals surface area contributed by atoms with Gasteiger partial charge in [-0.3, -0.25) is 4.99 Å². The molecule has 2 atom stereocenters. The summed E-state index contributed by atoms with van der Waals surface area (Å²) in [4.78, 5) is 6.60. The number of aliphatic imine (C=N–C) groups is 1. The topological polar surface area (TPSA) is 60.1 Å². The molecule has 0 bridgehead atoms. The van der Waals surface area contributed by atoms with E-state index in [4.69, 9.17) is 15.2 Å². The van der Waals surface area contributed by atoms with Crippen molar-refractivity contribution in [3.63, 3.8) is 0 Å². The third kappa shape index (κ3) is 1.58. The van der Waals surface area contributed by atoms with Crippen LogP contribution in [0.25, 0.3) is 0 Å². The molecule has 3 heterocycles. The first-order chi connectivity index (χ1) is 7.80. The monoisotopic (exact) mass is 225 g/mol. The average Bonchev–Trinajstić information content (AvgIpc) is 2.98. The molecule has 5 heteroatoms. The Labute approximate surface area is 95.6 Å². The Morgan fingerprint density at radius 1 is 1.50 bits per heavy atom. The molecule has 90 valence electrons. The molecule has 3 aliphatic rings. The molecule has 0 amide bonds. The first kappa shape index (κ1) is 10.4. The summed E-state index contributed by atoms with van der Waals surface area (Å²) in [6, 6.07) is 0. The lowest BCUT2D eigenvalue weighted by Crippen LogP contribution is -2.54. The molecule has 3 aliphatic heterocycles. The number of hydrogen-bond donors (Lipinski definition) is 1. The fourth-order valence-electron chi connectivity index (χ4n) is 2.86. The zero-order valence-electron chi connectivity index (χ0n) is 9.52. The molecule has 0 aromatic carbocycles. The minimum atomic E-state index is 0.0377. The van der Waals surface area contributed by atoms with Crippen molar-refractivity contribution in [2.45, 2.75) is 30.9 Å². The molecule has 1 spiro atoms. The Hall–Kier alpha value is -0.810. The minimum absolute atomic E-state index is 0.0377. The van der Waals surface area contributed by atoms with Gasteiger partial charge in [0.15, 0.2) is 5.96 Å². The molecule has 0 saturated carbocycles. The second kappa shape index (κ2) is 3.89.